The molecule has 0 atom stereocenters. The third kappa shape index (κ3) is 3.72. The van der Waals surface area contributed by atoms with E-state index < -0.39 is 10.9 Å². The number of esters is 1. The first-order valence-corrected chi connectivity index (χ1v) is 7.69. The maximum Gasteiger partial charge on any atom is 0.337 e. The average Bonchev–Trinajstić information content (AvgIpc) is 3.12. The van der Waals surface area contributed by atoms with Gasteiger partial charge in [0.25, 0.3) is 5.69 Å². The molecule has 0 aromatic heterocycles. The summed E-state index contributed by atoms with van der Waals surface area (Å²) >= 11 is 0. The molecule has 1 aliphatic heterocycles. The molecule has 0 saturated heterocycles. The molecule has 2 aromatic rings. The molecule has 0 unspecified atom stereocenters. The standard InChI is InChI=1S/C19H15NO6/c1-24-19(21)15(8-7-14-4-2-3-5-16(14)20(22)23)10-13-6-9-17-18(11-13)26-12-25-17/h2-11H,12H2,1H3/b8-7+,15-10+. The van der Waals surface area contributed by atoms with Gasteiger partial charge in [0.15, 0.2) is 11.5 Å². The first kappa shape index (κ1) is 17.2. The molecule has 1 aliphatic rings. The Hall–Kier alpha value is -3.61. The van der Waals surface area contributed by atoms with E-state index in [0.29, 0.717) is 22.6 Å². The second-order valence-corrected chi connectivity index (χ2v) is 5.35. The predicted molar refractivity (Wildman–Crippen MR) is 94.7 cm³/mol. The van der Waals surface area contributed by atoms with E-state index in [1.165, 1.54) is 25.3 Å². The van der Waals surface area contributed by atoms with E-state index in [4.69, 9.17) is 14.2 Å². The van der Waals surface area contributed by atoms with E-state index in [0.717, 1.165) is 0 Å². The number of methoxy groups -OCH3 is 1. The van der Waals surface area contributed by atoms with Crippen LogP contribution in [0.5, 0.6) is 11.5 Å². The van der Waals surface area contributed by atoms with Crippen LogP contribution < -0.4 is 9.47 Å². The van der Waals surface area contributed by atoms with Crippen LogP contribution in [0.25, 0.3) is 12.2 Å². The van der Waals surface area contributed by atoms with E-state index in [2.05, 4.69) is 0 Å². The summed E-state index contributed by atoms with van der Waals surface area (Å²) in [6.07, 6.45) is 4.60. The number of ether oxygens (including phenoxy) is 3. The molecule has 0 radical (unpaired) electrons. The van der Waals surface area contributed by atoms with Crippen molar-refractivity contribution in [2.45, 2.75) is 0 Å². The van der Waals surface area contributed by atoms with E-state index >= 15 is 0 Å². The summed E-state index contributed by atoms with van der Waals surface area (Å²) in [5.74, 6) is 0.667. The highest BCUT2D eigenvalue weighted by Crippen LogP contribution is 2.33. The van der Waals surface area contributed by atoms with Crippen LogP contribution in [0.2, 0.25) is 0 Å². The number of fused-ring (bicyclic) bond motifs is 1. The number of hydrogen-bond donors (Lipinski definition) is 0. The van der Waals surface area contributed by atoms with Crippen molar-refractivity contribution in [3.05, 3.63) is 75.4 Å². The van der Waals surface area contributed by atoms with Crippen molar-refractivity contribution in [1.29, 1.82) is 0 Å². The molecular weight excluding hydrogens is 338 g/mol. The summed E-state index contributed by atoms with van der Waals surface area (Å²) in [6, 6.07) is 11.5. The minimum atomic E-state index is -0.558. The molecule has 0 saturated carbocycles. The summed E-state index contributed by atoms with van der Waals surface area (Å²) in [4.78, 5) is 22.7. The van der Waals surface area contributed by atoms with Crippen molar-refractivity contribution >= 4 is 23.8 Å². The lowest BCUT2D eigenvalue weighted by Gasteiger charge is -2.03. The topological polar surface area (TPSA) is 87.9 Å². The number of hydrogen-bond acceptors (Lipinski definition) is 6. The van der Waals surface area contributed by atoms with Gasteiger partial charge in [-0.05, 0) is 42.0 Å². The van der Waals surface area contributed by atoms with E-state index in [-0.39, 0.29) is 18.1 Å². The summed E-state index contributed by atoms with van der Waals surface area (Å²) in [5, 5.41) is 11.1. The lowest BCUT2D eigenvalue weighted by Crippen LogP contribution is -2.02. The molecule has 0 N–H and O–H groups in total. The fourth-order valence-electron chi connectivity index (χ4n) is 2.45. The average molecular weight is 353 g/mol. The Balaban J connectivity index is 1.94. The molecular formula is C19H15NO6. The van der Waals surface area contributed by atoms with Crippen LogP contribution in [0, 0.1) is 10.1 Å². The third-order valence-corrected chi connectivity index (χ3v) is 3.72. The molecule has 0 fully saturated rings. The number of carbonyl (C=O) groups is 1. The largest absolute Gasteiger partial charge is 0.465 e. The van der Waals surface area contributed by atoms with Crippen molar-refractivity contribution in [1.82, 2.24) is 0 Å². The van der Waals surface area contributed by atoms with Gasteiger partial charge in [-0.15, -0.1) is 0 Å². The van der Waals surface area contributed by atoms with Crippen molar-refractivity contribution in [3.63, 3.8) is 0 Å². The molecule has 0 spiro atoms. The second-order valence-electron chi connectivity index (χ2n) is 5.35. The first-order valence-electron chi connectivity index (χ1n) is 7.69. The zero-order chi connectivity index (χ0) is 18.5. The van der Waals surface area contributed by atoms with E-state index in [9.17, 15) is 14.9 Å². The maximum absolute atomic E-state index is 12.1. The number of benzene rings is 2. The Morgan fingerprint density at radius 2 is 1.96 bits per heavy atom. The summed E-state index contributed by atoms with van der Waals surface area (Å²) < 4.78 is 15.4. The molecule has 0 aliphatic carbocycles. The number of nitro benzene ring substituents is 1. The summed E-state index contributed by atoms with van der Waals surface area (Å²) in [7, 11) is 1.27. The molecule has 7 heteroatoms. The zero-order valence-electron chi connectivity index (χ0n) is 13.9. The van der Waals surface area contributed by atoms with Crippen molar-refractivity contribution < 1.29 is 23.9 Å². The fraction of sp³-hybridized carbons (Fsp3) is 0.105. The van der Waals surface area contributed by atoms with Crippen LogP contribution in [0.4, 0.5) is 5.69 Å². The predicted octanol–water partition coefficient (Wildman–Crippen LogP) is 3.59. The number of nitro groups is 1. The highest BCUT2D eigenvalue weighted by molar-refractivity contribution is 5.98. The molecule has 1 heterocycles. The second kappa shape index (κ2) is 7.52. The molecule has 132 valence electrons. The maximum atomic E-state index is 12.1. The van der Waals surface area contributed by atoms with E-state index in [1.54, 1.807) is 42.5 Å². The SMILES string of the molecule is COC(=O)C(/C=C/c1ccccc1[N+](=O)[O-])=C/c1ccc2c(c1)OCO2. The number of para-hydroxylation sites is 1. The third-order valence-electron chi connectivity index (χ3n) is 3.72. The Labute approximate surface area is 149 Å². The zero-order valence-corrected chi connectivity index (χ0v) is 13.9. The molecule has 7 nitrogen and oxygen atoms in total. The van der Waals surface area contributed by atoms with Crippen LogP contribution >= 0.6 is 0 Å². The van der Waals surface area contributed by atoms with Crippen molar-refractivity contribution in [2.24, 2.45) is 0 Å². The lowest BCUT2D eigenvalue weighted by atomic mass is 10.1. The van der Waals surface area contributed by atoms with Crippen LogP contribution in [0.15, 0.2) is 54.1 Å². The smallest absolute Gasteiger partial charge is 0.337 e. The normalized spacial score (nSPS) is 13.0. The van der Waals surface area contributed by atoms with E-state index in [1.807, 2.05) is 0 Å². The molecule has 0 amide bonds. The van der Waals surface area contributed by atoms with Crippen molar-refractivity contribution in [3.8, 4) is 11.5 Å². The Bertz CT molecular complexity index is 916. The fourth-order valence-corrected chi connectivity index (χ4v) is 2.45. The van der Waals surface area contributed by atoms with Crippen LogP contribution in [-0.4, -0.2) is 24.8 Å². The molecule has 2 aromatic carbocycles. The minimum absolute atomic E-state index is 0.0453. The van der Waals surface area contributed by atoms with Gasteiger partial charge in [0, 0.05) is 6.07 Å². The minimum Gasteiger partial charge on any atom is -0.465 e. The Kier molecular flexibility index (Phi) is 4.98. The van der Waals surface area contributed by atoms with Gasteiger partial charge in [-0.2, -0.15) is 0 Å². The van der Waals surface area contributed by atoms with Gasteiger partial charge in [-0.1, -0.05) is 18.2 Å². The molecule has 3 rings (SSSR count). The Morgan fingerprint density at radius 3 is 2.73 bits per heavy atom. The number of rotatable bonds is 5. The van der Waals surface area contributed by atoms with Crippen molar-refractivity contribution in [2.75, 3.05) is 13.9 Å². The Morgan fingerprint density at radius 1 is 1.19 bits per heavy atom. The van der Waals surface area contributed by atoms with Gasteiger partial charge < -0.3 is 14.2 Å². The number of nitrogens with zero attached hydrogens (tertiary/aromatic N) is 1. The highest BCUT2D eigenvalue weighted by Gasteiger charge is 2.14. The van der Waals surface area contributed by atoms with Gasteiger partial charge in [0.05, 0.1) is 23.2 Å². The first-order chi connectivity index (χ1) is 12.6. The quantitative estimate of drug-likeness (QED) is 0.268. The van der Waals surface area contributed by atoms with Gasteiger partial charge in [0.2, 0.25) is 6.79 Å². The van der Waals surface area contributed by atoms with Crippen LogP contribution in [0.1, 0.15) is 11.1 Å². The van der Waals surface area contributed by atoms with Crippen LogP contribution in [-0.2, 0) is 9.53 Å². The summed E-state index contributed by atoms with van der Waals surface area (Å²) in [5.41, 5.74) is 1.29. The van der Waals surface area contributed by atoms with Gasteiger partial charge in [-0.25, -0.2) is 4.79 Å². The number of carbonyl (C=O) groups excluding carboxylic acids is 1. The van der Waals surface area contributed by atoms with Crippen LogP contribution in [0.3, 0.4) is 0 Å². The molecule has 0 bridgehead atoms. The lowest BCUT2D eigenvalue weighted by molar-refractivity contribution is -0.385. The summed E-state index contributed by atoms with van der Waals surface area (Å²) in [6.45, 7) is 0.157. The molecule has 26 heavy (non-hydrogen) atoms. The van der Waals surface area contributed by atoms with Gasteiger partial charge in [0.1, 0.15) is 0 Å². The van der Waals surface area contributed by atoms with Gasteiger partial charge in [-0.3, -0.25) is 10.1 Å². The highest BCUT2D eigenvalue weighted by atomic mass is 16.7. The van der Waals surface area contributed by atoms with Gasteiger partial charge >= 0.3 is 5.97 Å². The monoisotopic (exact) mass is 353 g/mol.